The van der Waals surface area contributed by atoms with Gasteiger partial charge in [-0.25, -0.2) is 0 Å². The van der Waals surface area contributed by atoms with Gasteiger partial charge in [0.15, 0.2) is 0 Å². The molecule has 0 aliphatic rings. The van der Waals surface area contributed by atoms with Gasteiger partial charge in [0.1, 0.15) is 5.75 Å². The van der Waals surface area contributed by atoms with Crippen molar-refractivity contribution in [2.75, 3.05) is 11.9 Å². The minimum atomic E-state index is -2.94. The van der Waals surface area contributed by atoms with Gasteiger partial charge >= 0.3 is 6.61 Å². The van der Waals surface area contributed by atoms with Gasteiger partial charge in [-0.2, -0.15) is 8.78 Å². The molecular formula is C13H18Cl2F2N2O2. The minimum absolute atomic E-state index is 0. The van der Waals surface area contributed by atoms with Crippen LogP contribution in [0.25, 0.3) is 0 Å². The van der Waals surface area contributed by atoms with E-state index in [-0.39, 0.29) is 35.1 Å². The predicted octanol–water partition coefficient (Wildman–Crippen LogP) is 3.69. The second kappa shape index (κ2) is 9.76. The lowest BCUT2D eigenvalue weighted by Crippen LogP contribution is -2.38. The second-order valence-corrected chi connectivity index (χ2v) is 4.60. The average Bonchev–Trinajstić information content (AvgIpc) is 2.38. The molecule has 0 fully saturated rings. The van der Waals surface area contributed by atoms with E-state index in [9.17, 15) is 13.6 Å². The van der Waals surface area contributed by atoms with E-state index in [1.807, 2.05) is 6.92 Å². The summed E-state index contributed by atoms with van der Waals surface area (Å²) in [6.07, 6.45) is 0.920. The minimum Gasteiger partial charge on any atom is -0.433 e. The number of hydrogen-bond acceptors (Lipinski definition) is 3. The van der Waals surface area contributed by atoms with Crippen LogP contribution in [0.15, 0.2) is 18.2 Å². The van der Waals surface area contributed by atoms with Gasteiger partial charge in [-0.3, -0.25) is 4.79 Å². The molecule has 0 heterocycles. The zero-order valence-corrected chi connectivity index (χ0v) is 13.2. The molecule has 1 aromatic rings. The summed E-state index contributed by atoms with van der Waals surface area (Å²) in [6.45, 7) is 1.53. The van der Waals surface area contributed by atoms with Gasteiger partial charge < -0.3 is 15.4 Å². The molecule has 1 aromatic carbocycles. The first-order valence-electron chi connectivity index (χ1n) is 6.22. The van der Waals surface area contributed by atoms with Crippen molar-refractivity contribution in [1.29, 1.82) is 0 Å². The lowest BCUT2D eigenvalue weighted by atomic mass is 10.2. The number of anilines is 1. The SMILES string of the molecule is CCCNC(C)C(=O)Nc1ccc(OC(F)F)c(Cl)c1.Cl. The highest BCUT2D eigenvalue weighted by Crippen LogP contribution is 2.28. The Kier molecular flexibility index (Phi) is 9.24. The maximum absolute atomic E-state index is 12.1. The van der Waals surface area contributed by atoms with Crippen molar-refractivity contribution in [1.82, 2.24) is 5.32 Å². The highest BCUT2D eigenvalue weighted by atomic mass is 35.5. The van der Waals surface area contributed by atoms with Crippen LogP contribution in [0.3, 0.4) is 0 Å². The molecular weight excluding hydrogens is 325 g/mol. The molecule has 1 atom stereocenters. The lowest BCUT2D eigenvalue weighted by Gasteiger charge is -2.14. The van der Waals surface area contributed by atoms with Gasteiger partial charge in [0.05, 0.1) is 11.1 Å². The Bertz CT molecular complexity index is 462. The van der Waals surface area contributed by atoms with Gasteiger partial charge in [0.2, 0.25) is 5.91 Å². The standard InChI is InChI=1S/C13H17ClF2N2O2.ClH/c1-3-6-17-8(2)12(19)18-9-4-5-11(10(14)7-9)20-13(15)16;/h4-5,7-8,13,17H,3,6H2,1-2H3,(H,18,19);1H. The number of hydrogen-bond donors (Lipinski definition) is 2. The third-order valence-electron chi connectivity index (χ3n) is 2.51. The van der Waals surface area contributed by atoms with E-state index >= 15 is 0 Å². The number of carbonyl (C=O) groups excluding carboxylic acids is 1. The number of amides is 1. The normalized spacial score (nSPS) is 11.7. The molecule has 1 amide bonds. The van der Waals surface area contributed by atoms with Crippen LogP contribution in [0.5, 0.6) is 5.75 Å². The highest BCUT2D eigenvalue weighted by molar-refractivity contribution is 6.32. The Morgan fingerprint density at radius 2 is 2.10 bits per heavy atom. The van der Waals surface area contributed by atoms with Crippen LogP contribution in [0.4, 0.5) is 14.5 Å². The summed E-state index contributed by atoms with van der Waals surface area (Å²) < 4.78 is 28.4. The first-order valence-corrected chi connectivity index (χ1v) is 6.60. The van der Waals surface area contributed by atoms with Gasteiger partial charge in [0, 0.05) is 5.69 Å². The van der Waals surface area contributed by atoms with Crippen molar-refractivity contribution in [3.63, 3.8) is 0 Å². The molecule has 0 saturated carbocycles. The first kappa shape index (κ1) is 19.9. The summed E-state index contributed by atoms with van der Waals surface area (Å²) in [5, 5.41) is 5.69. The third-order valence-corrected chi connectivity index (χ3v) is 2.80. The first-order chi connectivity index (χ1) is 9.43. The van der Waals surface area contributed by atoms with E-state index in [0.29, 0.717) is 5.69 Å². The molecule has 2 N–H and O–H groups in total. The number of ether oxygens (including phenoxy) is 1. The fourth-order valence-corrected chi connectivity index (χ4v) is 1.70. The monoisotopic (exact) mass is 342 g/mol. The van der Waals surface area contributed by atoms with Crippen molar-refractivity contribution >= 4 is 35.6 Å². The zero-order chi connectivity index (χ0) is 15.1. The zero-order valence-electron chi connectivity index (χ0n) is 11.7. The van der Waals surface area contributed by atoms with Crippen molar-refractivity contribution in [2.24, 2.45) is 0 Å². The van der Waals surface area contributed by atoms with E-state index in [1.165, 1.54) is 18.2 Å². The Hall–Kier alpha value is -1.11. The molecule has 0 spiro atoms. The number of alkyl halides is 2. The average molecular weight is 343 g/mol. The molecule has 0 bridgehead atoms. The predicted molar refractivity (Wildman–Crippen MR) is 81.7 cm³/mol. The van der Waals surface area contributed by atoms with Crippen LogP contribution in [-0.4, -0.2) is 25.1 Å². The Labute approximate surface area is 133 Å². The number of nitrogens with one attached hydrogen (secondary N) is 2. The van der Waals surface area contributed by atoms with Crippen LogP contribution >= 0.6 is 24.0 Å². The van der Waals surface area contributed by atoms with Gasteiger partial charge in [0.25, 0.3) is 0 Å². The molecule has 120 valence electrons. The van der Waals surface area contributed by atoms with Crippen LogP contribution in [0.2, 0.25) is 5.02 Å². The van der Waals surface area contributed by atoms with Crippen molar-refractivity contribution in [3.8, 4) is 5.75 Å². The number of rotatable bonds is 7. The summed E-state index contributed by atoms with van der Waals surface area (Å²) in [5.74, 6) is -0.353. The van der Waals surface area contributed by atoms with E-state index in [1.54, 1.807) is 6.92 Å². The number of carbonyl (C=O) groups is 1. The molecule has 4 nitrogen and oxygen atoms in total. The van der Waals surface area contributed by atoms with E-state index < -0.39 is 6.61 Å². The summed E-state index contributed by atoms with van der Waals surface area (Å²) >= 11 is 5.79. The molecule has 0 saturated heterocycles. The van der Waals surface area contributed by atoms with Crippen LogP contribution < -0.4 is 15.4 Å². The van der Waals surface area contributed by atoms with Crippen molar-refractivity contribution < 1.29 is 18.3 Å². The fourth-order valence-electron chi connectivity index (χ4n) is 1.47. The maximum atomic E-state index is 12.1. The molecule has 0 aliphatic carbocycles. The van der Waals surface area contributed by atoms with Crippen LogP contribution in [0.1, 0.15) is 20.3 Å². The summed E-state index contributed by atoms with van der Waals surface area (Å²) in [6, 6.07) is 3.75. The topological polar surface area (TPSA) is 50.4 Å². The largest absolute Gasteiger partial charge is 0.433 e. The van der Waals surface area contributed by atoms with Gasteiger partial charge in [-0.1, -0.05) is 18.5 Å². The van der Waals surface area contributed by atoms with Gasteiger partial charge in [-0.15, -0.1) is 12.4 Å². The molecule has 0 radical (unpaired) electrons. The van der Waals surface area contributed by atoms with Crippen LogP contribution in [0, 0.1) is 0 Å². The highest BCUT2D eigenvalue weighted by Gasteiger charge is 2.13. The number of benzene rings is 1. The lowest BCUT2D eigenvalue weighted by molar-refractivity contribution is -0.117. The van der Waals surface area contributed by atoms with E-state index in [4.69, 9.17) is 11.6 Å². The smallest absolute Gasteiger partial charge is 0.387 e. The Morgan fingerprint density at radius 1 is 1.43 bits per heavy atom. The molecule has 0 aromatic heterocycles. The van der Waals surface area contributed by atoms with Crippen molar-refractivity contribution in [3.05, 3.63) is 23.2 Å². The molecule has 1 unspecified atom stereocenters. The summed E-state index contributed by atoms with van der Waals surface area (Å²) in [4.78, 5) is 11.8. The van der Waals surface area contributed by atoms with Crippen molar-refractivity contribution in [2.45, 2.75) is 32.9 Å². The second-order valence-electron chi connectivity index (χ2n) is 4.19. The quantitative estimate of drug-likeness (QED) is 0.794. The molecule has 1 rings (SSSR count). The summed E-state index contributed by atoms with van der Waals surface area (Å²) in [7, 11) is 0. The molecule has 21 heavy (non-hydrogen) atoms. The Morgan fingerprint density at radius 3 is 2.62 bits per heavy atom. The molecule has 8 heteroatoms. The maximum Gasteiger partial charge on any atom is 0.387 e. The Balaban J connectivity index is 0.00000400. The third kappa shape index (κ3) is 6.93. The van der Waals surface area contributed by atoms with E-state index in [0.717, 1.165) is 13.0 Å². The molecule has 0 aliphatic heterocycles. The van der Waals surface area contributed by atoms with E-state index in [2.05, 4.69) is 15.4 Å². The summed E-state index contributed by atoms with van der Waals surface area (Å²) in [5.41, 5.74) is 0.423. The van der Waals surface area contributed by atoms with Gasteiger partial charge in [-0.05, 0) is 38.1 Å². The fraction of sp³-hybridized carbons (Fsp3) is 0.462. The van der Waals surface area contributed by atoms with Crippen LogP contribution in [-0.2, 0) is 4.79 Å². The number of halogens is 4.